The molecule has 0 aliphatic carbocycles. The van der Waals surface area contributed by atoms with Crippen LogP contribution in [0.4, 0.5) is 4.79 Å². The molecular weight excluding hydrogens is 298 g/mol. The van der Waals surface area contributed by atoms with E-state index in [4.69, 9.17) is 11.6 Å². The summed E-state index contributed by atoms with van der Waals surface area (Å²) in [6.07, 6.45) is -0.898. The maximum absolute atomic E-state index is 11.5. The fraction of sp³-hybridized carbons (Fsp3) is 0.389. The Hall–Kier alpha value is -1.74. The Morgan fingerprint density at radius 1 is 1.27 bits per heavy atom. The van der Waals surface area contributed by atoms with Crippen LogP contribution >= 0.6 is 11.6 Å². The highest BCUT2D eigenvalue weighted by Crippen LogP contribution is 2.31. The van der Waals surface area contributed by atoms with Crippen molar-refractivity contribution in [1.82, 2.24) is 4.90 Å². The van der Waals surface area contributed by atoms with Gasteiger partial charge in [0, 0.05) is 17.1 Å². The molecule has 1 amide bonds. The number of hydrogen-bond donors (Lipinski definition) is 1. The largest absolute Gasteiger partial charge is 0.465 e. The van der Waals surface area contributed by atoms with E-state index < -0.39 is 11.6 Å². The smallest absolute Gasteiger partial charge is 0.407 e. The Bertz CT molecular complexity index is 691. The van der Waals surface area contributed by atoms with Crippen molar-refractivity contribution in [3.8, 4) is 0 Å². The van der Waals surface area contributed by atoms with Crippen molar-refractivity contribution in [3.63, 3.8) is 0 Å². The molecule has 0 aromatic heterocycles. The van der Waals surface area contributed by atoms with Crippen molar-refractivity contribution >= 4 is 28.5 Å². The molecule has 0 radical (unpaired) electrons. The summed E-state index contributed by atoms with van der Waals surface area (Å²) in [7, 11) is 0. The second-order valence-electron chi connectivity index (χ2n) is 6.68. The predicted octanol–water partition coefficient (Wildman–Crippen LogP) is 5.38. The van der Waals surface area contributed by atoms with Crippen LogP contribution in [0, 0.1) is 0 Å². The molecule has 0 fully saturated rings. The first kappa shape index (κ1) is 16.6. The molecule has 2 aromatic rings. The van der Waals surface area contributed by atoms with E-state index in [2.05, 4.69) is 6.07 Å². The van der Waals surface area contributed by atoms with Crippen LogP contribution in [0.5, 0.6) is 0 Å². The van der Waals surface area contributed by atoms with Gasteiger partial charge in [0.2, 0.25) is 0 Å². The van der Waals surface area contributed by atoms with Gasteiger partial charge in [-0.3, -0.25) is 0 Å². The minimum atomic E-state index is -0.898. The van der Waals surface area contributed by atoms with E-state index in [0.717, 1.165) is 16.3 Å². The first-order valence-corrected chi connectivity index (χ1v) is 7.76. The van der Waals surface area contributed by atoms with Crippen LogP contribution < -0.4 is 0 Å². The fourth-order valence-corrected chi connectivity index (χ4v) is 2.96. The lowest BCUT2D eigenvalue weighted by Crippen LogP contribution is -2.46. The summed E-state index contributed by atoms with van der Waals surface area (Å²) in [5, 5.41) is 12.4. The van der Waals surface area contributed by atoms with Gasteiger partial charge >= 0.3 is 6.09 Å². The van der Waals surface area contributed by atoms with Gasteiger partial charge in [-0.1, -0.05) is 42.8 Å². The third kappa shape index (κ3) is 3.53. The molecule has 4 heteroatoms. The highest BCUT2D eigenvalue weighted by molar-refractivity contribution is 6.31. The van der Waals surface area contributed by atoms with E-state index in [1.807, 2.05) is 58.0 Å². The summed E-state index contributed by atoms with van der Waals surface area (Å²) in [5.41, 5.74) is 0.646. The average molecular weight is 320 g/mol. The summed E-state index contributed by atoms with van der Waals surface area (Å²) in [5.74, 6) is 0.0546. The Balaban J connectivity index is 2.41. The van der Waals surface area contributed by atoms with Gasteiger partial charge in [0.1, 0.15) is 0 Å². The van der Waals surface area contributed by atoms with Crippen molar-refractivity contribution in [2.24, 2.45) is 0 Å². The number of nitrogens with zero attached hydrogens (tertiary/aromatic N) is 1. The van der Waals surface area contributed by atoms with Crippen molar-refractivity contribution in [1.29, 1.82) is 0 Å². The minimum absolute atomic E-state index is 0.0546. The van der Waals surface area contributed by atoms with Crippen LogP contribution in [0.2, 0.25) is 5.02 Å². The molecule has 1 atom stereocenters. The van der Waals surface area contributed by atoms with Crippen LogP contribution in [0.3, 0.4) is 0 Å². The molecule has 0 saturated heterocycles. The van der Waals surface area contributed by atoms with Crippen LogP contribution in [0.1, 0.15) is 39.2 Å². The molecule has 0 heterocycles. The normalized spacial score (nSPS) is 13.1. The zero-order chi connectivity index (χ0) is 16.5. The molecule has 118 valence electrons. The standard InChI is InChI=1S/C18H22ClNO2/c1-12(11-20(17(21)22)18(2,3)4)16-10-14(19)9-13-7-5-6-8-15(13)16/h5-10,12H,11H2,1-4H3,(H,21,22). The van der Waals surface area contributed by atoms with E-state index in [-0.39, 0.29) is 5.92 Å². The van der Waals surface area contributed by atoms with E-state index in [0.29, 0.717) is 11.6 Å². The molecule has 0 saturated carbocycles. The zero-order valence-electron chi connectivity index (χ0n) is 13.4. The molecule has 3 nitrogen and oxygen atoms in total. The maximum atomic E-state index is 11.5. The van der Waals surface area contributed by atoms with Gasteiger partial charge in [-0.2, -0.15) is 0 Å². The molecule has 22 heavy (non-hydrogen) atoms. The van der Waals surface area contributed by atoms with Gasteiger partial charge in [0.25, 0.3) is 0 Å². The number of amides is 1. The third-order valence-electron chi connectivity index (χ3n) is 3.89. The highest BCUT2D eigenvalue weighted by Gasteiger charge is 2.28. The first-order chi connectivity index (χ1) is 10.2. The van der Waals surface area contributed by atoms with Crippen LogP contribution in [-0.2, 0) is 0 Å². The topological polar surface area (TPSA) is 40.5 Å². The Labute approximate surface area is 136 Å². The van der Waals surface area contributed by atoms with Gasteiger partial charge in [-0.25, -0.2) is 4.79 Å². The van der Waals surface area contributed by atoms with E-state index >= 15 is 0 Å². The number of rotatable bonds is 3. The maximum Gasteiger partial charge on any atom is 0.407 e. The average Bonchev–Trinajstić information content (AvgIpc) is 2.41. The monoisotopic (exact) mass is 319 g/mol. The van der Waals surface area contributed by atoms with Crippen molar-refractivity contribution < 1.29 is 9.90 Å². The summed E-state index contributed by atoms with van der Waals surface area (Å²) in [6, 6.07) is 11.9. The number of carbonyl (C=O) groups is 1. The van der Waals surface area contributed by atoms with Crippen LogP contribution in [-0.4, -0.2) is 28.2 Å². The summed E-state index contributed by atoms with van der Waals surface area (Å²) >= 11 is 6.23. The molecule has 1 N–H and O–H groups in total. The number of hydrogen-bond acceptors (Lipinski definition) is 1. The first-order valence-electron chi connectivity index (χ1n) is 7.39. The molecule has 0 aliphatic heterocycles. The van der Waals surface area contributed by atoms with Gasteiger partial charge in [0.05, 0.1) is 0 Å². The van der Waals surface area contributed by atoms with Crippen molar-refractivity contribution in [2.45, 2.75) is 39.2 Å². The van der Waals surface area contributed by atoms with E-state index in [1.165, 1.54) is 4.90 Å². The van der Waals surface area contributed by atoms with Gasteiger partial charge in [0.15, 0.2) is 0 Å². The molecular formula is C18H22ClNO2. The lowest BCUT2D eigenvalue weighted by Gasteiger charge is -2.35. The number of benzene rings is 2. The fourth-order valence-electron chi connectivity index (χ4n) is 2.72. The van der Waals surface area contributed by atoms with Crippen LogP contribution in [0.25, 0.3) is 10.8 Å². The quantitative estimate of drug-likeness (QED) is 0.825. The Morgan fingerprint density at radius 3 is 2.50 bits per heavy atom. The number of carboxylic acid groups (broad SMARTS) is 1. The molecule has 0 aliphatic rings. The van der Waals surface area contributed by atoms with E-state index in [1.54, 1.807) is 0 Å². The lowest BCUT2D eigenvalue weighted by molar-refractivity contribution is 0.0969. The predicted molar refractivity (Wildman–Crippen MR) is 91.9 cm³/mol. The second kappa shape index (κ2) is 6.17. The SMILES string of the molecule is CC(CN(C(=O)O)C(C)(C)C)c1cc(Cl)cc2ccccc12. The van der Waals surface area contributed by atoms with Crippen molar-refractivity contribution in [2.75, 3.05) is 6.54 Å². The summed E-state index contributed by atoms with van der Waals surface area (Å²) in [6.45, 7) is 8.20. The molecule has 0 spiro atoms. The van der Waals surface area contributed by atoms with Crippen molar-refractivity contribution in [3.05, 3.63) is 47.0 Å². The molecule has 1 unspecified atom stereocenters. The van der Waals surface area contributed by atoms with Gasteiger partial charge < -0.3 is 10.0 Å². The molecule has 0 bridgehead atoms. The number of fused-ring (bicyclic) bond motifs is 1. The van der Waals surface area contributed by atoms with Crippen LogP contribution in [0.15, 0.2) is 36.4 Å². The Morgan fingerprint density at radius 2 is 1.91 bits per heavy atom. The summed E-state index contributed by atoms with van der Waals surface area (Å²) in [4.78, 5) is 13.0. The number of halogens is 1. The Kier molecular flexibility index (Phi) is 4.66. The highest BCUT2D eigenvalue weighted by atomic mass is 35.5. The lowest BCUT2D eigenvalue weighted by atomic mass is 9.93. The van der Waals surface area contributed by atoms with Gasteiger partial charge in [-0.05, 0) is 55.2 Å². The van der Waals surface area contributed by atoms with Gasteiger partial charge in [-0.15, -0.1) is 0 Å². The zero-order valence-corrected chi connectivity index (χ0v) is 14.2. The third-order valence-corrected chi connectivity index (χ3v) is 4.10. The van der Waals surface area contributed by atoms with E-state index in [9.17, 15) is 9.90 Å². The summed E-state index contributed by atoms with van der Waals surface area (Å²) < 4.78 is 0. The molecule has 2 aromatic carbocycles. The minimum Gasteiger partial charge on any atom is -0.465 e. The molecule has 2 rings (SSSR count). The second-order valence-corrected chi connectivity index (χ2v) is 7.12.